The van der Waals surface area contributed by atoms with Crippen LogP contribution in [-0.2, 0) is 0 Å². The van der Waals surface area contributed by atoms with Gasteiger partial charge in [-0.25, -0.2) is 4.98 Å². The molecule has 1 unspecified atom stereocenters. The molecule has 154 valence electrons. The summed E-state index contributed by atoms with van der Waals surface area (Å²) in [6.07, 6.45) is 4.14. The van der Waals surface area contributed by atoms with Crippen molar-refractivity contribution in [3.63, 3.8) is 0 Å². The second-order valence-corrected chi connectivity index (χ2v) is 8.06. The molecule has 1 aliphatic rings. The number of aliphatic imine (C=N–C) groups is 1. The van der Waals surface area contributed by atoms with E-state index in [1.807, 2.05) is 6.20 Å². The van der Waals surface area contributed by atoms with Crippen LogP contribution in [0.15, 0.2) is 40.1 Å². The molecule has 1 atom stereocenters. The molecule has 3 heterocycles. The molecule has 3 rings (SSSR count). The third kappa shape index (κ3) is 6.62. The molecule has 28 heavy (non-hydrogen) atoms. The van der Waals surface area contributed by atoms with Crippen LogP contribution in [0.1, 0.15) is 43.7 Å². The molecule has 1 aliphatic heterocycles. The molecule has 0 aliphatic carbocycles. The van der Waals surface area contributed by atoms with E-state index < -0.39 is 0 Å². The third-order valence-corrected chi connectivity index (χ3v) is 5.74. The Bertz CT molecular complexity index is 709. The van der Waals surface area contributed by atoms with Gasteiger partial charge in [0.15, 0.2) is 5.96 Å². The van der Waals surface area contributed by atoms with Crippen LogP contribution >= 0.6 is 35.3 Å². The molecule has 1 saturated heterocycles. The van der Waals surface area contributed by atoms with Gasteiger partial charge in [-0.15, -0.1) is 24.0 Å². The fourth-order valence-corrected chi connectivity index (χ4v) is 4.08. The number of aryl methyl sites for hydroxylation is 1. The first-order chi connectivity index (χ1) is 13.2. The van der Waals surface area contributed by atoms with Gasteiger partial charge in [0, 0.05) is 44.3 Å². The normalized spacial score (nSPS) is 16.4. The Morgan fingerprint density at radius 3 is 2.71 bits per heavy atom. The largest absolute Gasteiger partial charge is 0.357 e. The van der Waals surface area contributed by atoms with Crippen LogP contribution in [0.4, 0.5) is 5.82 Å². The molecular weight excluding hydrogens is 481 g/mol. The molecule has 2 aromatic rings. The number of aromatic nitrogens is 1. The summed E-state index contributed by atoms with van der Waals surface area (Å²) in [7, 11) is 0. The lowest BCUT2D eigenvalue weighted by atomic mass is 10.0. The topological polar surface area (TPSA) is 52.6 Å². The standard InChI is InChI=1S/C21H31N5S.HI/c1-4-22-21(24-14-17(3)18-9-12-27-15-18)25-19-7-10-26(11-8-19)20-6-5-16(2)13-23-20;/h5-6,9,12-13,15,17,19H,4,7-8,10-11,14H2,1-3H3,(H2,22,24,25);1H. The summed E-state index contributed by atoms with van der Waals surface area (Å²) in [5.74, 6) is 2.47. The van der Waals surface area contributed by atoms with Gasteiger partial charge in [0.2, 0.25) is 0 Å². The molecule has 2 aromatic heterocycles. The molecule has 0 saturated carbocycles. The average molecular weight is 513 g/mol. The van der Waals surface area contributed by atoms with Crippen molar-refractivity contribution < 1.29 is 0 Å². The number of hydrogen-bond acceptors (Lipinski definition) is 4. The minimum Gasteiger partial charge on any atom is -0.357 e. The van der Waals surface area contributed by atoms with Gasteiger partial charge in [-0.2, -0.15) is 11.3 Å². The number of thiophene rings is 1. The van der Waals surface area contributed by atoms with Crippen molar-refractivity contribution in [3.05, 3.63) is 46.3 Å². The van der Waals surface area contributed by atoms with Crippen molar-refractivity contribution in [3.8, 4) is 0 Å². The zero-order valence-electron chi connectivity index (χ0n) is 17.0. The number of hydrogen-bond donors (Lipinski definition) is 2. The molecule has 7 heteroatoms. The summed E-state index contributed by atoms with van der Waals surface area (Å²) >= 11 is 1.75. The van der Waals surface area contributed by atoms with E-state index >= 15 is 0 Å². The molecule has 0 aromatic carbocycles. The lowest BCUT2D eigenvalue weighted by molar-refractivity contribution is 0.459. The van der Waals surface area contributed by atoms with E-state index in [2.05, 4.69) is 70.2 Å². The number of nitrogens with one attached hydrogen (secondary N) is 2. The van der Waals surface area contributed by atoms with E-state index in [1.165, 1.54) is 11.1 Å². The zero-order chi connectivity index (χ0) is 19.1. The Labute approximate surface area is 190 Å². The van der Waals surface area contributed by atoms with Gasteiger partial charge in [0.1, 0.15) is 5.82 Å². The van der Waals surface area contributed by atoms with Gasteiger partial charge in [0.25, 0.3) is 0 Å². The number of anilines is 1. The van der Waals surface area contributed by atoms with Crippen molar-refractivity contribution in [2.45, 2.75) is 45.6 Å². The molecule has 1 fully saturated rings. The number of piperidine rings is 1. The first kappa shape index (κ1) is 22.9. The highest BCUT2D eigenvalue weighted by Gasteiger charge is 2.21. The fourth-order valence-electron chi connectivity index (χ4n) is 3.30. The van der Waals surface area contributed by atoms with Crippen molar-refractivity contribution in [1.29, 1.82) is 0 Å². The number of halogens is 1. The second kappa shape index (κ2) is 11.6. The maximum absolute atomic E-state index is 4.82. The molecule has 0 amide bonds. The number of guanidine groups is 1. The van der Waals surface area contributed by atoms with Crippen molar-refractivity contribution in [2.75, 3.05) is 31.1 Å². The SMILES string of the molecule is CCNC(=NCC(C)c1ccsc1)NC1CCN(c2ccc(C)cn2)CC1.I. The monoisotopic (exact) mass is 513 g/mol. The van der Waals surface area contributed by atoms with Gasteiger partial charge in [-0.1, -0.05) is 13.0 Å². The minimum atomic E-state index is 0. The lowest BCUT2D eigenvalue weighted by Gasteiger charge is -2.34. The van der Waals surface area contributed by atoms with Gasteiger partial charge >= 0.3 is 0 Å². The highest BCUT2D eigenvalue weighted by Crippen LogP contribution is 2.19. The van der Waals surface area contributed by atoms with Gasteiger partial charge < -0.3 is 15.5 Å². The van der Waals surface area contributed by atoms with Crippen LogP contribution in [0.2, 0.25) is 0 Å². The van der Waals surface area contributed by atoms with Crippen LogP contribution < -0.4 is 15.5 Å². The Morgan fingerprint density at radius 2 is 2.11 bits per heavy atom. The van der Waals surface area contributed by atoms with Crippen molar-refractivity contribution in [1.82, 2.24) is 15.6 Å². The average Bonchev–Trinajstić information content (AvgIpc) is 3.22. The molecular formula is C21H32IN5S. The quantitative estimate of drug-likeness (QED) is 0.342. The fraction of sp³-hybridized carbons (Fsp3) is 0.524. The number of pyridine rings is 1. The molecule has 2 N–H and O–H groups in total. The highest BCUT2D eigenvalue weighted by atomic mass is 127. The van der Waals surface area contributed by atoms with Crippen molar-refractivity contribution >= 4 is 47.1 Å². The summed E-state index contributed by atoms with van der Waals surface area (Å²) in [5.41, 5.74) is 2.58. The Hall–Kier alpha value is -1.35. The summed E-state index contributed by atoms with van der Waals surface area (Å²) in [4.78, 5) is 11.8. The highest BCUT2D eigenvalue weighted by molar-refractivity contribution is 14.0. The Balaban J connectivity index is 0.00000280. The van der Waals surface area contributed by atoms with Gasteiger partial charge in [0.05, 0.1) is 0 Å². The Kier molecular flexibility index (Phi) is 9.50. The van der Waals surface area contributed by atoms with E-state index in [1.54, 1.807) is 11.3 Å². The van der Waals surface area contributed by atoms with E-state index in [9.17, 15) is 0 Å². The second-order valence-electron chi connectivity index (χ2n) is 7.28. The maximum Gasteiger partial charge on any atom is 0.191 e. The van der Waals surface area contributed by atoms with Crippen LogP contribution in [0.5, 0.6) is 0 Å². The predicted molar refractivity (Wildman–Crippen MR) is 131 cm³/mol. The minimum absolute atomic E-state index is 0. The maximum atomic E-state index is 4.82. The first-order valence-corrected chi connectivity index (χ1v) is 10.8. The molecule has 0 bridgehead atoms. The van der Waals surface area contributed by atoms with Gasteiger partial charge in [-0.3, -0.25) is 4.99 Å². The van der Waals surface area contributed by atoms with Crippen molar-refractivity contribution in [2.24, 2.45) is 4.99 Å². The molecule has 0 radical (unpaired) electrons. The number of rotatable bonds is 6. The van der Waals surface area contributed by atoms with E-state index in [4.69, 9.17) is 4.99 Å². The van der Waals surface area contributed by atoms with E-state index in [0.717, 1.165) is 50.8 Å². The van der Waals surface area contributed by atoms with Crippen LogP contribution in [0.25, 0.3) is 0 Å². The van der Waals surface area contributed by atoms with E-state index in [-0.39, 0.29) is 24.0 Å². The Morgan fingerprint density at radius 1 is 1.32 bits per heavy atom. The zero-order valence-corrected chi connectivity index (χ0v) is 20.2. The summed E-state index contributed by atoms with van der Waals surface area (Å²) in [6.45, 7) is 10.2. The van der Waals surface area contributed by atoms with Crippen LogP contribution in [0.3, 0.4) is 0 Å². The predicted octanol–water partition coefficient (Wildman–Crippen LogP) is 4.40. The molecule has 0 spiro atoms. The third-order valence-electron chi connectivity index (χ3n) is 5.04. The summed E-state index contributed by atoms with van der Waals surface area (Å²) in [5, 5.41) is 11.4. The lowest BCUT2D eigenvalue weighted by Crippen LogP contribution is -2.49. The summed E-state index contributed by atoms with van der Waals surface area (Å²) < 4.78 is 0. The van der Waals surface area contributed by atoms with Crippen LogP contribution in [0, 0.1) is 6.92 Å². The summed E-state index contributed by atoms with van der Waals surface area (Å²) in [6, 6.07) is 6.92. The van der Waals surface area contributed by atoms with Crippen LogP contribution in [-0.4, -0.2) is 43.2 Å². The van der Waals surface area contributed by atoms with Gasteiger partial charge in [-0.05, 0) is 60.7 Å². The smallest absolute Gasteiger partial charge is 0.191 e. The molecule has 5 nitrogen and oxygen atoms in total. The van der Waals surface area contributed by atoms with E-state index in [0.29, 0.717) is 12.0 Å². The number of nitrogens with zero attached hydrogens (tertiary/aromatic N) is 3. The first-order valence-electron chi connectivity index (χ1n) is 9.90.